The van der Waals surface area contributed by atoms with E-state index in [0.717, 1.165) is 10.8 Å². The predicted octanol–water partition coefficient (Wildman–Crippen LogP) is 2.76. The van der Waals surface area contributed by atoms with Gasteiger partial charge in [-0.15, -0.1) is 6.58 Å². The van der Waals surface area contributed by atoms with Crippen LogP contribution in [0.25, 0.3) is 10.8 Å². The first-order chi connectivity index (χ1) is 9.22. The van der Waals surface area contributed by atoms with Gasteiger partial charge in [0.25, 0.3) is 5.91 Å². The lowest BCUT2D eigenvalue weighted by molar-refractivity contribution is -0.125. The zero-order valence-electron chi connectivity index (χ0n) is 10.8. The molecular weight excluding hydrogens is 240 g/mol. The summed E-state index contributed by atoms with van der Waals surface area (Å²) in [5.74, 6) is -0.194. The molecule has 1 unspecified atom stereocenters. The van der Waals surface area contributed by atoms with Crippen molar-refractivity contribution in [2.24, 2.45) is 0 Å². The Hall–Kier alpha value is -2.20. The Morgan fingerprint density at radius 1 is 1.47 bits per heavy atom. The van der Waals surface area contributed by atoms with E-state index >= 15 is 0 Å². The van der Waals surface area contributed by atoms with E-state index in [4.69, 9.17) is 4.74 Å². The molecule has 98 valence electrons. The smallest absolute Gasteiger partial charge is 0.253 e. The Kier molecular flexibility index (Phi) is 4.26. The number of carbonyl (C=O) groups is 1. The molecule has 0 saturated heterocycles. The first-order valence-electron chi connectivity index (χ1n) is 6.08. The van der Waals surface area contributed by atoms with Crippen LogP contribution in [-0.2, 0) is 9.53 Å². The maximum absolute atomic E-state index is 12.0. The summed E-state index contributed by atoms with van der Waals surface area (Å²) in [5, 5.41) is 4.78. The van der Waals surface area contributed by atoms with Gasteiger partial charge in [-0.05, 0) is 6.92 Å². The van der Waals surface area contributed by atoms with Crippen LogP contribution in [0.5, 0.6) is 0 Å². The number of rotatable bonds is 5. The molecule has 0 radical (unpaired) electrons. The molecule has 0 spiro atoms. The molecule has 19 heavy (non-hydrogen) atoms. The summed E-state index contributed by atoms with van der Waals surface area (Å²) in [6, 6.07) is 7.76. The average molecular weight is 256 g/mol. The van der Waals surface area contributed by atoms with Crippen LogP contribution in [0.2, 0.25) is 0 Å². The quantitative estimate of drug-likeness (QED) is 0.837. The second-order valence-electron chi connectivity index (χ2n) is 4.16. The average Bonchev–Trinajstić information content (AvgIpc) is 2.45. The molecule has 1 atom stereocenters. The van der Waals surface area contributed by atoms with Crippen LogP contribution in [0, 0.1) is 0 Å². The number of nitrogens with one attached hydrogen (secondary N) is 1. The highest BCUT2D eigenvalue weighted by Crippen LogP contribution is 2.21. The normalized spacial score (nSPS) is 12.1. The highest BCUT2D eigenvalue weighted by molar-refractivity contribution is 6.02. The zero-order valence-corrected chi connectivity index (χ0v) is 10.8. The second kappa shape index (κ2) is 6.11. The minimum atomic E-state index is -0.531. The maximum atomic E-state index is 12.0. The molecule has 0 fully saturated rings. The summed E-state index contributed by atoms with van der Waals surface area (Å²) < 4.78 is 5.29. The van der Waals surface area contributed by atoms with Crippen molar-refractivity contribution >= 4 is 22.4 Å². The van der Waals surface area contributed by atoms with Gasteiger partial charge in [0.1, 0.15) is 6.10 Å². The number of ether oxygens (including phenoxy) is 1. The lowest BCUT2D eigenvalue weighted by atomic mass is 10.1. The number of amides is 1. The Bertz CT molecular complexity index is 590. The molecule has 0 bridgehead atoms. The van der Waals surface area contributed by atoms with Gasteiger partial charge in [-0.2, -0.15) is 0 Å². The summed E-state index contributed by atoms with van der Waals surface area (Å²) in [7, 11) is 0. The fourth-order valence-electron chi connectivity index (χ4n) is 1.74. The third-order valence-corrected chi connectivity index (χ3v) is 2.76. The first kappa shape index (κ1) is 13.2. The van der Waals surface area contributed by atoms with Crippen LogP contribution in [0.15, 0.2) is 49.3 Å². The Morgan fingerprint density at radius 2 is 2.26 bits per heavy atom. The van der Waals surface area contributed by atoms with Gasteiger partial charge in [0, 0.05) is 17.0 Å². The Labute approximate surface area is 112 Å². The summed E-state index contributed by atoms with van der Waals surface area (Å²) in [5.41, 5.74) is 0.692. The van der Waals surface area contributed by atoms with Crippen molar-refractivity contribution in [3.63, 3.8) is 0 Å². The van der Waals surface area contributed by atoms with E-state index in [9.17, 15) is 4.79 Å². The van der Waals surface area contributed by atoms with Gasteiger partial charge in [0.05, 0.1) is 18.5 Å². The highest BCUT2D eigenvalue weighted by atomic mass is 16.5. The van der Waals surface area contributed by atoms with Gasteiger partial charge in [-0.3, -0.25) is 9.78 Å². The summed E-state index contributed by atoms with van der Waals surface area (Å²) in [4.78, 5) is 16.1. The Morgan fingerprint density at radius 3 is 3.05 bits per heavy atom. The third-order valence-electron chi connectivity index (χ3n) is 2.76. The van der Waals surface area contributed by atoms with E-state index in [0.29, 0.717) is 12.3 Å². The molecule has 2 aromatic rings. The van der Waals surface area contributed by atoms with Crippen molar-refractivity contribution in [1.29, 1.82) is 0 Å². The van der Waals surface area contributed by atoms with E-state index in [2.05, 4.69) is 16.9 Å². The van der Waals surface area contributed by atoms with Gasteiger partial charge in [0.2, 0.25) is 0 Å². The van der Waals surface area contributed by atoms with E-state index in [1.165, 1.54) is 0 Å². The van der Waals surface area contributed by atoms with Crippen molar-refractivity contribution in [2.75, 3.05) is 11.9 Å². The van der Waals surface area contributed by atoms with Crippen molar-refractivity contribution in [2.45, 2.75) is 13.0 Å². The fraction of sp³-hybridized carbons (Fsp3) is 0.200. The lowest BCUT2D eigenvalue weighted by Gasteiger charge is -2.13. The molecule has 2 rings (SSSR count). The monoisotopic (exact) mass is 256 g/mol. The fourth-order valence-corrected chi connectivity index (χ4v) is 1.74. The van der Waals surface area contributed by atoms with Crippen LogP contribution in [0.3, 0.4) is 0 Å². The number of anilines is 1. The van der Waals surface area contributed by atoms with E-state index in [-0.39, 0.29) is 5.91 Å². The van der Waals surface area contributed by atoms with Crippen molar-refractivity contribution in [1.82, 2.24) is 4.98 Å². The molecule has 1 aromatic carbocycles. The van der Waals surface area contributed by atoms with Crippen LogP contribution >= 0.6 is 0 Å². The van der Waals surface area contributed by atoms with Crippen LogP contribution in [0.4, 0.5) is 5.69 Å². The van der Waals surface area contributed by atoms with Crippen LogP contribution in [0.1, 0.15) is 6.92 Å². The molecule has 4 nitrogen and oxygen atoms in total. The summed E-state index contributed by atoms with van der Waals surface area (Å²) >= 11 is 0. The van der Waals surface area contributed by atoms with Crippen LogP contribution < -0.4 is 5.32 Å². The number of hydrogen-bond donors (Lipinski definition) is 1. The number of carbonyl (C=O) groups excluding carboxylic acids is 1. The predicted molar refractivity (Wildman–Crippen MR) is 76.0 cm³/mol. The maximum Gasteiger partial charge on any atom is 0.253 e. The molecule has 1 N–H and O–H groups in total. The molecular formula is C15H16N2O2. The third kappa shape index (κ3) is 3.17. The number of hydrogen-bond acceptors (Lipinski definition) is 3. The number of nitrogens with zero attached hydrogens (tertiary/aromatic N) is 1. The molecule has 0 saturated carbocycles. The molecule has 4 heteroatoms. The molecule has 1 amide bonds. The first-order valence-corrected chi connectivity index (χ1v) is 6.08. The number of fused-ring (bicyclic) bond motifs is 1. The van der Waals surface area contributed by atoms with E-state index in [1.807, 2.05) is 24.3 Å². The van der Waals surface area contributed by atoms with Gasteiger partial charge in [-0.1, -0.05) is 30.3 Å². The molecule has 0 aliphatic rings. The van der Waals surface area contributed by atoms with E-state index < -0.39 is 6.10 Å². The van der Waals surface area contributed by atoms with Crippen molar-refractivity contribution in [3.8, 4) is 0 Å². The highest BCUT2D eigenvalue weighted by Gasteiger charge is 2.14. The standard InChI is InChI=1S/C15H16N2O2/c1-3-8-19-11(2)15(18)17-14-10-16-9-12-6-4-5-7-13(12)14/h3-7,9-11H,1,8H2,2H3,(H,17,18). The zero-order chi connectivity index (χ0) is 13.7. The number of aromatic nitrogens is 1. The van der Waals surface area contributed by atoms with Crippen molar-refractivity contribution in [3.05, 3.63) is 49.3 Å². The Balaban J connectivity index is 2.17. The number of benzene rings is 1. The van der Waals surface area contributed by atoms with Gasteiger partial charge >= 0.3 is 0 Å². The van der Waals surface area contributed by atoms with Gasteiger partial charge in [-0.25, -0.2) is 0 Å². The lowest BCUT2D eigenvalue weighted by Crippen LogP contribution is -2.27. The van der Waals surface area contributed by atoms with Crippen LogP contribution in [-0.4, -0.2) is 23.6 Å². The molecule has 1 aromatic heterocycles. The van der Waals surface area contributed by atoms with Gasteiger partial charge in [0.15, 0.2) is 0 Å². The minimum Gasteiger partial charge on any atom is -0.365 e. The number of pyridine rings is 1. The van der Waals surface area contributed by atoms with E-state index in [1.54, 1.807) is 25.4 Å². The minimum absolute atomic E-state index is 0.194. The molecule has 0 aliphatic heterocycles. The summed E-state index contributed by atoms with van der Waals surface area (Å²) in [6.07, 6.45) is 4.49. The largest absolute Gasteiger partial charge is 0.365 e. The SMILES string of the molecule is C=CCOC(C)C(=O)Nc1cncc2ccccc12. The van der Waals surface area contributed by atoms with Crippen molar-refractivity contribution < 1.29 is 9.53 Å². The summed E-state index contributed by atoms with van der Waals surface area (Å²) in [6.45, 7) is 5.61. The molecule has 1 heterocycles. The topological polar surface area (TPSA) is 51.2 Å². The molecule has 0 aliphatic carbocycles. The second-order valence-corrected chi connectivity index (χ2v) is 4.16. The van der Waals surface area contributed by atoms with Gasteiger partial charge < -0.3 is 10.1 Å².